The average molecular weight is 293 g/mol. The van der Waals surface area contributed by atoms with E-state index >= 15 is 0 Å². The summed E-state index contributed by atoms with van der Waals surface area (Å²) in [6, 6.07) is 2.43. The number of hydrogen-bond donors (Lipinski definition) is 1. The standard InChI is InChI=1S/C17H28FN3/c1-11(2)19-8-15-7-16(18)9-20-17(15)21-10-12(3)6-13(4)14(21)5/h7,9,11-14,19H,6,8,10H2,1-5H3. The Morgan fingerprint density at radius 3 is 2.76 bits per heavy atom. The molecule has 0 saturated carbocycles. The lowest BCUT2D eigenvalue weighted by atomic mass is 9.86. The monoisotopic (exact) mass is 293 g/mol. The fraction of sp³-hybridized carbons (Fsp3) is 0.706. The number of hydrogen-bond acceptors (Lipinski definition) is 3. The van der Waals surface area contributed by atoms with E-state index in [1.54, 1.807) is 6.07 Å². The lowest BCUT2D eigenvalue weighted by Crippen LogP contribution is -2.46. The van der Waals surface area contributed by atoms with Crippen molar-refractivity contribution in [2.24, 2.45) is 11.8 Å². The molecular formula is C17H28FN3. The number of nitrogens with one attached hydrogen (secondary N) is 1. The van der Waals surface area contributed by atoms with Gasteiger partial charge in [-0.15, -0.1) is 0 Å². The van der Waals surface area contributed by atoms with Crippen molar-refractivity contribution in [3.8, 4) is 0 Å². The lowest BCUT2D eigenvalue weighted by Gasteiger charge is -2.42. The quantitative estimate of drug-likeness (QED) is 0.919. The van der Waals surface area contributed by atoms with Gasteiger partial charge in [-0.2, -0.15) is 0 Å². The van der Waals surface area contributed by atoms with E-state index in [2.05, 4.69) is 49.8 Å². The molecule has 0 spiro atoms. The molecule has 1 aliphatic heterocycles. The lowest BCUT2D eigenvalue weighted by molar-refractivity contribution is 0.295. The molecule has 1 aliphatic rings. The number of pyridine rings is 1. The summed E-state index contributed by atoms with van der Waals surface area (Å²) in [6.07, 6.45) is 2.59. The smallest absolute Gasteiger partial charge is 0.141 e. The molecule has 21 heavy (non-hydrogen) atoms. The highest BCUT2D eigenvalue weighted by atomic mass is 19.1. The van der Waals surface area contributed by atoms with Crippen LogP contribution in [0.1, 0.15) is 46.6 Å². The second kappa shape index (κ2) is 6.73. The molecule has 1 aromatic heterocycles. The first-order valence-corrected chi connectivity index (χ1v) is 8.03. The van der Waals surface area contributed by atoms with Gasteiger partial charge in [-0.3, -0.25) is 0 Å². The van der Waals surface area contributed by atoms with Crippen molar-refractivity contribution >= 4 is 5.82 Å². The van der Waals surface area contributed by atoms with Gasteiger partial charge in [0.15, 0.2) is 0 Å². The molecule has 2 rings (SSSR count). The average Bonchev–Trinajstić information content (AvgIpc) is 2.41. The molecule has 118 valence electrons. The Hall–Kier alpha value is -1.16. The third-order valence-corrected chi connectivity index (χ3v) is 4.48. The van der Waals surface area contributed by atoms with Crippen molar-refractivity contribution in [3.63, 3.8) is 0 Å². The number of nitrogens with zero attached hydrogens (tertiary/aromatic N) is 2. The second-order valence-corrected chi connectivity index (χ2v) is 6.88. The molecule has 0 bridgehead atoms. The number of aromatic nitrogens is 1. The van der Waals surface area contributed by atoms with E-state index < -0.39 is 0 Å². The summed E-state index contributed by atoms with van der Waals surface area (Å²) in [6.45, 7) is 12.7. The number of piperidine rings is 1. The van der Waals surface area contributed by atoms with Crippen molar-refractivity contribution in [1.82, 2.24) is 10.3 Å². The molecule has 0 aromatic carbocycles. The van der Waals surface area contributed by atoms with E-state index in [-0.39, 0.29) is 5.82 Å². The van der Waals surface area contributed by atoms with E-state index in [0.717, 1.165) is 17.9 Å². The van der Waals surface area contributed by atoms with Gasteiger partial charge in [0.05, 0.1) is 6.20 Å². The fourth-order valence-corrected chi connectivity index (χ4v) is 3.17. The third kappa shape index (κ3) is 3.94. The molecule has 0 amide bonds. The SMILES string of the molecule is CC1CC(C)C(C)N(c2ncc(F)cc2CNC(C)C)C1. The van der Waals surface area contributed by atoms with Gasteiger partial charge in [0.2, 0.25) is 0 Å². The highest BCUT2D eigenvalue weighted by Gasteiger charge is 2.30. The summed E-state index contributed by atoms with van der Waals surface area (Å²) in [7, 11) is 0. The second-order valence-electron chi connectivity index (χ2n) is 6.88. The van der Waals surface area contributed by atoms with Gasteiger partial charge in [-0.1, -0.05) is 27.7 Å². The molecule has 1 N–H and O–H groups in total. The van der Waals surface area contributed by atoms with Crippen molar-refractivity contribution < 1.29 is 4.39 Å². The Morgan fingerprint density at radius 1 is 1.38 bits per heavy atom. The summed E-state index contributed by atoms with van der Waals surface area (Å²) in [4.78, 5) is 6.77. The summed E-state index contributed by atoms with van der Waals surface area (Å²) >= 11 is 0. The highest BCUT2D eigenvalue weighted by molar-refractivity contribution is 5.48. The van der Waals surface area contributed by atoms with Crippen LogP contribution in [0.15, 0.2) is 12.3 Å². The summed E-state index contributed by atoms with van der Waals surface area (Å²) in [5, 5.41) is 3.37. The topological polar surface area (TPSA) is 28.2 Å². The first-order valence-electron chi connectivity index (χ1n) is 8.03. The molecule has 4 heteroatoms. The Kier molecular flexibility index (Phi) is 5.20. The van der Waals surface area contributed by atoms with E-state index in [0.29, 0.717) is 30.5 Å². The molecule has 0 aliphatic carbocycles. The minimum absolute atomic E-state index is 0.259. The zero-order chi connectivity index (χ0) is 15.6. The van der Waals surface area contributed by atoms with Gasteiger partial charge in [0, 0.05) is 30.7 Å². The first kappa shape index (κ1) is 16.2. The summed E-state index contributed by atoms with van der Waals surface area (Å²) < 4.78 is 13.6. The highest BCUT2D eigenvalue weighted by Crippen LogP contribution is 2.32. The van der Waals surface area contributed by atoms with Crippen molar-refractivity contribution in [3.05, 3.63) is 23.6 Å². The van der Waals surface area contributed by atoms with E-state index in [1.165, 1.54) is 12.6 Å². The van der Waals surface area contributed by atoms with Crippen LogP contribution in [-0.2, 0) is 6.54 Å². The predicted octanol–water partition coefficient (Wildman–Crippen LogP) is 3.59. The summed E-state index contributed by atoms with van der Waals surface area (Å²) in [5.74, 6) is 1.96. The van der Waals surface area contributed by atoms with Gasteiger partial charge < -0.3 is 10.2 Å². The normalized spacial score (nSPS) is 26.4. The largest absolute Gasteiger partial charge is 0.353 e. The maximum atomic E-state index is 13.6. The van der Waals surface area contributed by atoms with Crippen LogP contribution in [0.3, 0.4) is 0 Å². The molecule has 0 radical (unpaired) electrons. The van der Waals surface area contributed by atoms with Crippen LogP contribution in [0, 0.1) is 17.7 Å². The van der Waals surface area contributed by atoms with Crippen molar-refractivity contribution in [1.29, 1.82) is 0 Å². The number of anilines is 1. The Labute approximate surface area is 127 Å². The molecule has 1 saturated heterocycles. The third-order valence-electron chi connectivity index (χ3n) is 4.48. The molecule has 1 aromatic rings. The number of halogens is 1. The van der Waals surface area contributed by atoms with Crippen molar-refractivity contribution in [2.45, 2.75) is 59.7 Å². The summed E-state index contributed by atoms with van der Waals surface area (Å²) in [5.41, 5.74) is 0.955. The zero-order valence-corrected chi connectivity index (χ0v) is 13.9. The first-order chi connectivity index (χ1) is 9.88. The molecule has 3 atom stereocenters. The van der Waals surface area contributed by atoms with E-state index in [4.69, 9.17) is 0 Å². The fourth-order valence-electron chi connectivity index (χ4n) is 3.17. The maximum absolute atomic E-state index is 13.6. The molecule has 1 fully saturated rings. The van der Waals surface area contributed by atoms with Crippen LogP contribution in [0.4, 0.5) is 10.2 Å². The van der Waals surface area contributed by atoms with Gasteiger partial charge in [-0.05, 0) is 31.2 Å². The zero-order valence-electron chi connectivity index (χ0n) is 13.9. The van der Waals surface area contributed by atoms with Crippen LogP contribution in [0.25, 0.3) is 0 Å². The minimum atomic E-state index is -0.259. The van der Waals surface area contributed by atoms with E-state index in [1.807, 2.05) is 0 Å². The maximum Gasteiger partial charge on any atom is 0.141 e. The van der Waals surface area contributed by atoms with Crippen LogP contribution < -0.4 is 10.2 Å². The van der Waals surface area contributed by atoms with Gasteiger partial charge >= 0.3 is 0 Å². The van der Waals surface area contributed by atoms with Gasteiger partial charge in [-0.25, -0.2) is 9.37 Å². The van der Waals surface area contributed by atoms with Crippen LogP contribution in [0.5, 0.6) is 0 Å². The Balaban J connectivity index is 2.28. The molecule has 2 heterocycles. The van der Waals surface area contributed by atoms with Crippen LogP contribution in [0.2, 0.25) is 0 Å². The minimum Gasteiger partial charge on any atom is -0.353 e. The molecule has 3 unspecified atom stereocenters. The number of rotatable bonds is 4. The van der Waals surface area contributed by atoms with Crippen LogP contribution >= 0.6 is 0 Å². The van der Waals surface area contributed by atoms with E-state index in [9.17, 15) is 4.39 Å². The molecular weight excluding hydrogens is 265 g/mol. The van der Waals surface area contributed by atoms with Crippen molar-refractivity contribution in [2.75, 3.05) is 11.4 Å². The molecule has 3 nitrogen and oxygen atoms in total. The predicted molar refractivity (Wildman–Crippen MR) is 85.9 cm³/mol. The van der Waals surface area contributed by atoms with Crippen LogP contribution in [-0.4, -0.2) is 23.6 Å². The Bertz CT molecular complexity index is 475. The van der Waals surface area contributed by atoms with Gasteiger partial charge in [0.1, 0.15) is 11.6 Å². The Morgan fingerprint density at radius 2 is 2.10 bits per heavy atom. The van der Waals surface area contributed by atoms with Gasteiger partial charge in [0.25, 0.3) is 0 Å².